The van der Waals surface area contributed by atoms with E-state index in [1.54, 1.807) is 0 Å². The van der Waals surface area contributed by atoms with Crippen LogP contribution in [0.5, 0.6) is 0 Å². The van der Waals surface area contributed by atoms with Crippen molar-refractivity contribution in [3.63, 3.8) is 0 Å². The molecule has 2 aromatic carbocycles. The molecule has 2 aromatic rings. The summed E-state index contributed by atoms with van der Waals surface area (Å²) in [5, 5.41) is 2.92. The van der Waals surface area contributed by atoms with Gasteiger partial charge in [-0.25, -0.2) is 4.79 Å². The SMILES string of the molecule is CC(C)CC(NC(=O)OC(C)(C)C)c1ccc(-c2ccc(C(F)(F)F)cc2)cc1. The van der Waals surface area contributed by atoms with Gasteiger partial charge in [0.2, 0.25) is 0 Å². The Bertz CT molecular complexity index is 804. The molecule has 0 radical (unpaired) electrons. The Kier molecular flexibility index (Phi) is 6.98. The maximum Gasteiger partial charge on any atom is 0.416 e. The molecule has 1 N–H and O–H groups in total. The van der Waals surface area contributed by atoms with Crippen LogP contribution in [0, 0.1) is 5.92 Å². The molecule has 1 unspecified atom stereocenters. The number of nitrogens with one attached hydrogen (secondary N) is 1. The quantitative estimate of drug-likeness (QED) is 0.580. The predicted octanol–water partition coefficient (Wildman–Crippen LogP) is 6.98. The molecule has 0 aromatic heterocycles. The minimum absolute atomic E-state index is 0.216. The normalized spacial score (nSPS) is 13.3. The summed E-state index contributed by atoms with van der Waals surface area (Å²) in [6.07, 6.45) is -4.09. The highest BCUT2D eigenvalue weighted by Crippen LogP contribution is 2.31. The fourth-order valence-corrected chi connectivity index (χ4v) is 2.96. The standard InChI is InChI=1S/C23H28F3NO2/c1-15(2)14-20(27-21(28)29-22(3,4)5)18-8-6-16(7-9-18)17-10-12-19(13-11-17)23(24,25)26/h6-13,15,20H,14H2,1-5H3,(H,27,28). The first-order chi connectivity index (χ1) is 13.3. The number of rotatable bonds is 5. The molecular formula is C23H28F3NO2. The highest BCUT2D eigenvalue weighted by Gasteiger charge is 2.30. The van der Waals surface area contributed by atoms with Gasteiger partial charge in [0.25, 0.3) is 0 Å². The number of alkyl carbamates (subject to hydrolysis) is 1. The zero-order valence-corrected chi connectivity index (χ0v) is 17.4. The molecule has 158 valence electrons. The summed E-state index contributed by atoms with van der Waals surface area (Å²) in [5.74, 6) is 0.351. The zero-order valence-electron chi connectivity index (χ0n) is 17.4. The molecule has 0 aliphatic carbocycles. The van der Waals surface area contributed by atoms with Crippen molar-refractivity contribution in [3.8, 4) is 11.1 Å². The third-order valence-corrected chi connectivity index (χ3v) is 4.26. The van der Waals surface area contributed by atoms with Crippen molar-refractivity contribution in [1.29, 1.82) is 0 Å². The van der Waals surface area contributed by atoms with Crippen molar-refractivity contribution in [2.24, 2.45) is 5.92 Å². The number of halogens is 3. The topological polar surface area (TPSA) is 38.3 Å². The lowest BCUT2D eigenvalue weighted by molar-refractivity contribution is -0.137. The van der Waals surface area contributed by atoms with Gasteiger partial charge in [-0.15, -0.1) is 0 Å². The molecule has 1 atom stereocenters. The Morgan fingerprint density at radius 1 is 0.931 bits per heavy atom. The van der Waals surface area contributed by atoms with Crippen molar-refractivity contribution in [1.82, 2.24) is 5.32 Å². The van der Waals surface area contributed by atoms with E-state index in [9.17, 15) is 18.0 Å². The maximum atomic E-state index is 12.7. The van der Waals surface area contributed by atoms with E-state index >= 15 is 0 Å². The van der Waals surface area contributed by atoms with E-state index in [1.807, 2.05) is 45.0 Å². The van der Waals surface area contributed by atoms with Crippen LogP contribution in [-0.4, -0.2) is 11.7 Å². The van der Waals surface area contributed by atoms with E-state index in [4.69, 9.17) is 4.74 Å². The number of benzene rings is 2. The number of ether oxygens (including phenoxy) is 1. The molecule has 0 saturated carbocycles. The van der Waals surface area contributed by atoms with E-state index in [0.717, 1.165) is 29.7 Å². The lowest BCUT2D eigenvalue weighted by Crippen LogP contribution is -2.35. The van der Waals surface area contributed by atoms with Gasteiger partial charge in [0.1, 0.15) is 5.60 Å². The minimum atomic E-state index is -4.35. The number of hydrogen-bond acceptors (Lipinski definition) is 2. The van der Waals surface area contributed by atoms with Crippen molar-refractivity contribution < 1.29 is 22.7 Å². The molecule has 0 aliphatic heterocycles. The molecule has 3 nitrogen and oxygen atoms in total. The second-order valence-corrected chi connectivity index (χ2v) is 8.53. The van der Waals surface area contributed by atoms with Crippen molar-refractivity contribution in [2.75, 3.05) is 0 Å². The maximum absolute atomic E-state index is 12.7. The second-order valence-electron chi connectivity index (χ2n) is 8.53. The fraction of sp³-hybridized carbons (Fsp3) is 0.435. The number of hydrogen-bond donors (Lipinski definition) is 1. The van der Waals surface area contributed by atoms with Crippen LogP contribution in [0.3, 0.4) is 0 Å². The molecule has 6 heteroatoms. The monoisotopic (exact) mass is 407 g/mol. The van der Waals surface area contributed by atoms with Crippen molar-refractivity contribution >= 4 is 6.09 Å². The average molecular weight is 407 g/mol. The van der Waals surface area contributed by atoms with E-state index in [-0.39, 0.29) is 6.04 Å². The van der Waals surface area contributed by atoms with Gasteiger partial charge in [-0.05, 0) is 61.9 Å². The lowest BCUT2D eigenvalue weighted by atomic mass is 9.95. The van der Waals surface area contributed by atoms with Gasteiger partial charge in [-0.1, -0.05) is 50.2 Å². The van der Waals surface area contributed by atoms with Gasteiger partial charge in [0, 0.05) is 0 Å². The largest absolute Gasteiger partial charge is 0.444 e. The number of alkyl halides is 3. The predicted molar refractivity (Wildman–Crippen MR) is 108 cm³/mol. The van der Waals surface area contributed by atoms with Gasteiger partial charge in [0.05, 0.1) is 11.6 Å². The Morgan fingerprint density at radius 2 is 1.41 bits per heavy atom. The Hall–Kier alpha value is -2.50. The Morgan fingerprint density at radius 3 is 1.83 bits per heavy atom. The highest BCUT2D eigenvalue weighted by molar-refractivity contribution is 5.69. The third kappa shape index (κ3) is 7.11. The van der Waals surface area contributed by atoms with Crippen LogP contribution >= 0.6 is 0 Å². The molecule has 0 saturated heterocycles. The molecule has 29 heavy (non-hydrogen) atoms. The summed E-state index contributed by atoms with van der Waals surface area (Å²) in [7, 11) is 0. The van der Waals surface area contributed by atoms with Gasteiger partial charge < -0.3 is 10.1 Å². The Labute approximate surface area is 170 Å². The van der Waals surface area contributed by atoms with E-state index < -0.39 is 23.4 Å². The van der Waals surface area contributed by atoms with Crippen LogP contribution in [0.4, 0.5) is 18.0 Å². The van der Waals surface area contributed by atoms with Crippen LogP contribution in [0.15, 0.2) is 48.5 Å². The molecule has 0 spiro atoms. The second kappa shape index (κ2) is 8.89. The lowest BCUT2D eigenvalue weighted by Gasteiger charge is -2.25. The van der Waals surface area contributed by atoms with Crippen molar-refractivity contribution in [3.05, 3.63) is 59.7 Å². The van der Waals surface area contributed by atoms with Crippen LogP contribution in [0.2, 0.25) is 0 Å². The van der Waals surface area contributed by atoms with Crippen molar-refractivity contribution in [2.45, 2.75) is 58.9 Å². The number of carbonyl (C=O) groups is 1. The van der Waals surface area contributed by atoms with Gasteiger partial charge in [0.15, 0.2) is 0 Å². The van der Waals surface area contributed by atoms with Crippen LogP contribution in [-0.2, 0) is 10.9 Å². The number of carbonyl (C=O) groups excluding carboxylic acids is 1. The van der Waals surface area contributed by atoms with Crippen LogP contribution in [0.25, 0.3) is 11.1 Å². The average Bonchev–Trinajstić information content (AvgIpc) is 2.59. The molecule has 0 aliphatic rings. The first-order valence-corrected chi connectivity index (χ1v) is 9.62. The molecule has 2 rings (SSSR count). The third-order valence-electron chi connectivity index (χ3n) is 4.26. The summed E-state index contributed by atoms with van der Waals surface area (Å²) < 4.78 is 43.6. The van der Waals surface area contributed by atoms with Gasteiger partial charge >= 0.3 is 12.3 Å². The summed E-state index contributed by atoms with van der Waals surface area (Å²) in [6.45, 7) is 9.56. The molecular weight excluding hydrogens is 379 g/mol. The van der Waals surface area contributed by atoms with Crippen LogP contribution < -0.4 is 5.32 Å². The minimum Gasteiger partial charge on any atom is -0.444 e. The molecule has 0 fully saturated rings. The molecule has 0 heterocycles. The smallest absolute Gasteiger partial charge is 0.416 e. The summed E-state index contributed by atoms with van der Waals surface area (Å²) in [6, 6.07) is 12.3. The summed E-state index contributed by atoms with van der Waals surface area (Å²) in [4.78, 5) is 12.2. The fourth-order valence-electron chi connectivity index (χ4n) is 2.96. The van der Waals surface area contributed by atoms with E-state index in [0.29, 0.717) is 11.5 Å². The first-order valence-electron chi connectivity index (χ1n) is 9.62. The van der Waals surface area contributed by atoms with E-state index in [1.165, 1.54) is 12.1 Å². The van der Waals surface area contributed by atoms with E-state index in [2.05, 4.69) is 19.2 Å². The molecule has 1 amide bonds. The summed E-state index contributed by atoms with van der Waals surface area (Å²) >= 11 is 0. The summed E-state index contributed by atoms with van der Waals surface area (Å²) in [5.41, 5.74) is 1.17. The Balaban J connectivity index is 2.18. The molecule has 0 bridgehead atoms. The van der Waals surface area contributed by atoms with Gasteiger partial charge in [-0.3, -0.25) is 0 Å². The highest BCUT2D eigenvalue weighted by atomic mass is 19.4. The number of amides is 1. The van der Waals surface area contributed by atoms with Crippen LogP contribution in [0.1, 0.15) is 58.2 Å². The van der Waals surface area contributed by atoms with Gasteiger partial charge in [-0.2, -0.15) is 13.2 Å². The first kappa shape index (κ1) is 22.8. The zero-order chi connectivity index (χ0) is 21.8.